The molecule has 2 amide bonds. The van der Waals surface area contributed by atoms with Crippen LogP contribution in [0.5, 0.6) is 5.75 Å². The van der Waals surface area contributed by atoms with Crippen LogP contribution in [-0.4, -0.2) is 18.9 Å². The summed E-state index contributed by atoms with van der Waals surface area (Å²) in [5.74, 6) is 0.438. The summed E-state index contributed by atoms with van der Waals surface area (Å²) < 4.78 is 5.35. The van der Waals surface area contributed by atoms with E-state index in [2.05, 4.69) is 10.6 Å². The van der Waals surface area contributed by atoms with Crippen molar-refractivity contribution < 1.29 is 14.3 Å². The number of nitrogens with one attached hydrogen (secondary N) is 2. The van der Waals surface area contributed by atoms with E-state index < -0.39 is 0 Å². The third-order valence-corrected chi connectivity index (χ3v) is 6.42. The van der Waals surface area contributed by atoms with Crippen LogP contribution in [0.4, 0.5) is 10.7 Å². The molecule has 5 nitrogen and oxygen atoms in total. The van der Waals surface area contributed by atoms with Crippen LogP contribution >= 0.6 is 11.3 Å². The second-order valence-corrected chi connectivity index (χ2v) is 8.22. The first-order valence-corrected chi connectivity index (χ1v) is 10.2. The van der Waals surface area contributed by atoms with Crippen molar-refractivity contribution in [3.63, 3.8) is 0 Å². The van der Waals surface area contributed by atoms with Gasteiger partial charge in [0.15, 0.2) is 0 Å². The minimum absolute atomic E-state index is 0.0444. The molecule has 2 heterocycles. The van der Waals surface area contributed by atoms with Crippen LogP contribution in [0.15, 0.2) is 48.5 Å². The molecule has 4 rings (SSSR count). The maximum atomic E-state index is 12.9. The van der Waals surface area contributed by atoms with Gasteiger partial charge >= 0.3 is 0 Å². The smallest absolute Gasteiger partial charge is 0.266 e. The summed E-state index contributed by atoms with van der Waals surface area (Å²) in [6.07, 6.45) is 0.344. The van der Waals surface area contributed by atoms with Gasteiger partial charge in [-0.2, -0.15) is 0 Å². The largest absolute Gasteiger partial charge is 0.497 e. The van der Waals surface area contributed by atoms with E-state index in [0.29, 0.717) is 11.3 Å². The molecule has 148 valence electrons. The van der Waals surface area contributed by atoms with Crippen LogP contribution in [0, 0.1) is 13.8 Å². The van der Waals surface area contributed by atoms with Gasteiger partial charge in [-0.1, -0.05) is 29.8 Å². The van der Waals surface area contributed by atoms with E-state index >= 15 is 0 Å². The first kappa shape index (κ1) is 19.2. The molecule has 0 bridgehead atoms. The third-order valence-electron chi connectivity index (χ3n) is 5.20. The summed E-state index contributed by atoms with van der Waals surface area (Å²) in [6, 6.07) is 15.5. The first-order chi connectivity index (χ1) is 14.0. The van der Waals surface area contributed by atoms with E-state index in [1.54, 1.807) is 7.11 Å². The predicted octanol–water partition coefficient (Wildman–Crippen LogP) is 5.10. The minimum atomic E-state index is -0.163. The summed E-state index contributed by atoms with van der Waals surface area (Å²) in [5, 5.41) is 6.65. The number of fused-ring (bicyclic) bond motifs is 1. The fourth-order valence-corrected chi connectivity index (χ4v) is 4.87. The van der Waals surface area contributed by atoms with Gasteiger partial charge in [0.1, 0.15) is 5.75 Å². The Morgan fingerprint density at radius 2 is 1.93 bits per heavy atom. The molecule has 29 heavy (non-hydrogen) atoms. The lowest BCUT2D eigenvalue weighted by Crippen LogP contribution is -2.22. The standard InChI is InChI=1S/C23H22N2O3S/c1-13-7-9-16(10-8-13)24-22(27)21-14(2)20-18(12-19(26)25-23(20)29-21)15-5-4-6-17(11-15)28-3/h4-11,18H,12H2,1-3H3,(H,24,27)(H,25,26)/t18-/m0/s1. The van der Waals surface area contributed by atoms with Crippen molar-refractivity contribution >= 4 is 33.8 Å². The van der Waals surface area contributed by atoms with Gasteiger partial charge in [0.25, 0.3) is 5.91 Å². The highest BCUT2D eigenvalue weighted by atomic mass is 32.1. The molecule has 0 fully saturated rings. The lowest BCUT2D eigenvalue weighted by Gasteiger charge is -2.24. The molecular weight excluding hydrogens is 384 g/mol. The maximum Gasteiger partial charge on any atom is 0.266 e. The topological polar surface area (TPSA) is 67.4 Å². The van der Waals surface area contributed by atoms with Gasteiger partial charge in [-0.05, 0) is 54.8 Å². The number of rotatable bonds is 4. The number of hydrogen-bond acceptors (Lipinski definition) is 4. The normalized spacial score (nSPS) is 15.4. The maximum absolute atomic E-state index is 12.9. The zero-order valence-corrected chi connectivity index (χ0v) is 17.4. The lowest BCUT2D eigenvalue weighted by molar-refractivity contribution is -0.116. The van der Waals surface area contributed by atoms with Gasteiger partial charge in [-0.15, -0.1) is 11.3 Å². The van der Waals surface area contributed by atoms with Crippen molar-refractivity contribution in [2.75, 3.05) is 17.7 Å². The fraction of sp³-hybridized carbons (Fsp3) is 0.217. The average Bonchev–Trinajstić information content (AvgIpc) is 3.05. The van der Waals surface area contributed by atoms with Crippen molar-refractivity contribution in [2.45, 2.75) is 26.2 Å². The van der Waals surface area contributed by atoms with Crippen molar-refractivity contribution in [3.05, 3.63) is 75.7 Å². The Morgan fingerprint density at radius 3 is 2.66 bits per heavy atom. The lowest BCUT2D eigenvalue weighted by atomic mass is 9.85. The number of aryl methyl sites for hydroxylation is 1. The van der Waals surface area contributed by atoms with E-state index in [9.17, 15) is 9.59 Å². The Bertz CT molecular complexity index is 1090. The van der Waals surface area contributed by atoms with E-state index in [-0.39, 0.29) is 17.7 Å². The van der Waals surface area contributed by atoms with E-state index in [0.717, 1.165) is 38.7 Å². The Morgan fingerprint density at radius 1 is 1.17 bits per heavy atom. The molecule has 2 aromatic carbocycles. The number of benzene rings is 2. The number of methoxy groups -OCH3 is 1. The molecule has 1 atom stereocenters. The van der Waals surface area contributed by atoms with Crippen LogP contribution in [0.25, 0.3) is 0 Å². The summed E-state index contributed by atoms with van der Waals surface area (Å²) >= 11 is 1.33. The summed E-state index contributed by atoms with van der Waals surface area (Å²) in [6.45, 7) is 3.95. The number of amides is 2. The Labute approximate surface area is 173 Å². The quantitative estimate of drug-likeness (QED) is 0.633. The van der Waals surface area contributed by atoms with Crippen LogP contribution in [0.3, 0.4) is 0 Å². The molecule has 2 N–H and O–H groups in total. The van der Waals surface area contributed by atoms with Crippen LogP contribution in [0.1, 0.15) is 44.3 Å². The molecule has 0 radical (unpaired) electrons. The van der Waals surface area contributed by atoms with Crippen LogP contribution < -0.4 is 15.4 Å². The molecule has 3 aromatic rings. The first-order valence-electron chi connectivity index (χ1n) is 9.41. The molecule has 1 aliphatic heterocycles. The highest BCUT2D eigenvalue weighted by Crippen LogP contribution is 2.45. The van der Waals surface area contributed by atoms with Crippen molar-refractivity contribution in [1.29, 1.82) is 0 Å². The molecule has 0 spiro atoms. The second kappa shape index (κ2) is 7.72. The summed E-state index contributed by atoms with van der Waals surface area (Å²) in [7, 11) is 1.63. The zero-order chi connectivity index (χ0) is 20.5. The Balaban J connectivity index is 1.70. The summed E-state index contributed by atoms with van der Waals surface area (Å²) in [4.78, 5) is 25.9. The number of ether oxygens (including phenoxy) is 1. The predicted molar refractivity (Wildman–Crippen MR) is 116 cm³/mol. The highest BCUT2D eigenvalue weighted by molar-refractivity contribution is 7.18. The zero-order valence-electron chi connectivity index (χ0n) is 16.5. The number of anilines is 2. The van der Waals surface area contributed by atoms with Gasteiger partial charge in [0, 0.05) is 18.0 Å². The molecule has 0 saturated carbocycles. The molecule has 0 saturated heterocycles. The molecular formula is C23H22N2O3S. The van der Waals surface area contributed by atoms with Crippen LogP contribution in [0.2, 0.25) is 0 Å². The second-order valence-electron chi connectivity index (χ2n) is 7.20. The summed E-state index contributed by atoms with van der Waals surface area (Å²) in [5.41, 5.74) is 4.81. The molecule has 0 unspecified atom stereocenters. The van der Waals surface area contributed by atoms with Gasteiger partial charge in [-0.25, -0.2) is 0 Å². The Hall–Kier alpha value is -3.12. The SMILES string of the molecule is COc1cccc([C@@H]2CC(=O)Nc3sc(C(=O)Nc4ccc(C)cc4)c(C)c32)c1. The van der Waals surface area contributed by atoms with E-state index in [4.69, 9.17) is 4.74 Å². The van der Waals surface area contributed by atoms with Crippen molar-refractivity contribution in [1.82, 2.24) is 0 Å². The number of hydrogen-bond donors (Lipinski definition) is 2. The van der Waals surface area contributed by atoms with Gasteiger partial charge < -0.3 is 15.4 Å². The van der Waals surface area contributed by atoms with Gasteiger partial charge in [-0.3, -0.25) is 9.59 Å². The van der Waals surface area contributed by atoms with Crippen molar-refractivity contribution in [2.24, 2.45) is 0 Å². The van der Waals surface area contributed by atoms with Crippen molar-refractivity contribution in [3.8, 4) is 5.75 Å². The monoisotopic (exact) mass is 406 g/mol. The highest BCUT2D eigenvalue weighted by Gasteiger charge is 2.33. The molecule has 6 heteroatoms. The molecule has 1 aliphatic rings. The van der Waals surface area contributed by atoms with Gasteiger partial charge in [0.05, 0.1) is 17.0 Å². The van der Waals surface area contributed by atoms with E-state index in [1.807, 2.05) is 62.4 Å². The molecule has 1 aromatic heterocycles. The minimum Gasteiger partial charge on any atom is -0.497 e. The number of carbonyl (C=O) groups excluding carboxylic acids is 2. The van der Waals surface area contributed by atoms with Gasteiger partial charge in [0.2, 0.25) is 5.91 Å². The molecule has 0 aliphatic carbocycles. The number of carbonyl (C=O) groups is 2. The van der Waals surface area contributed by atoms with E-state index in [1.165, 1.54) is 11.3 Å². The fourth-order valence-electron chi connectivity index (χ4n) is 3.69. The van der Waals surface area contributed by atoms with Crippen LogP contribution in [-0.2, 0) is 4.79 Å². The Kier molecular flexibility index (Phi) is 5.11. The average molecular weight is 407 g/mol. The third kappa shape index (κ3) is 3.76. The number of thiophene rings is 1.